The maximum atomic E-state index is 5.81. The van der Waals surface area contributed by atoms with Crippen LogP contribution in [0.25, 0.3) is 0 Å². The zero-order chi connectivity index (χ0) is 18.7. The van der Waals surface area contributed by atoms with E-state index < -0.39 is 0 Å². The maximum Gasteiger partial charge on any atom is 0.161 e. The highest BCUT2D eigenvalue weighted by molar-refractivity contribution is 5.43. The Morgan fingerprint density at radius 1 is 1.19 bits per heavy atom. The molecule has 1 aromatic heterocycles. The van der Waals surface area contributed by atoms with Crippen molar-refractivity contribution in [2.45, 2.75) is 65.1 Å². The van der Waals surface area contributed by atoms with E-state index in [1.807, 2.05) is 19.9 Å². The molecule has 1 aliphatic rings. The first-order chi connectivity index (χ1) is 12.5. The molecular weight excluding hydrogens is 328 g/mol. The number of benzene rings is 1. The van der Waals surface area contributed by atoms with Crippen molar-refractivity contribution >= 4 is 0 Å². The van der Waals surface area contributed by atoms with Gasteiger partial charge in [0.2, 0.25) is 0 Å². The molecule has 0 N–H and O–H groups in total. The van der Waals surface area contributed by atoms with Crippen LogP contribution in [0.2, 0.25) is 0 Å². The summed E-state index contributed by atoms with van der Waals surface area (Å²) in [5.74, 6) is 2.95. The predicted molar refractivity (Wildman–Crippen MR) is 102 cm³/mol. The molecule has 142 valence electrons. The van der Waals surface area contributed by atoms with Gasteiger partial charge in [0.25, 0.3) is 0 Å². The molecule has 1 aromatic carbocycles. The molecule has 1 atom stereocenters. The fourth-order valence-corrected chi connectivity index (χ4v) is 3.47. The zero-order valence-corrected chi connectivity index (χ0v) is 16.5. The van der Waals surface area contributed by atoms with Gasteiger partial charge in [-0.3, -0.25) is 4.90 Å². The van der Waals surface area contributed by atoms with E-state index >= 15 is 0 Å². The van der Waals surface area contributed by atoms with Crippen LogP contribution in [0.3, 0.4) is 0 Å². The number of hydrogen-bond acceptors (Lipinski definition) is 5. The van der Waals surface area contributed by atoms with Crippen LogP contribution in [0, 0.1) is 0 Å². The second kappa shape index (κ2) is 8.12. The summed E-state index contributed by atoms with van der Waals surface area (Å²) >= 11 is 0. The first-order valence-electron chi connectivity index (χ1n) is 9.52. The molecule has 0 bridgehead atoms. The largest absolute Gasteiger partial charge is 0.493 e. The van der Waals surface area contributed by atoms with Crippen LogP contribution in [0.4, 0.5) is 0 Å². The van der Waals surface area contributed by atoms with E-state index in [-0.39, 0.29) is 6.10 Å². The normalized spacial score (nSPS) is 18.0. The zero-order valence-electron chi connectivity index (χ0n) is 16.5. The van der Waals surface area contributed by atoms with Gasteiger partial charge < -0.3 is 14.0 Å². The van der Waals surface area contributed by atoms with Gasteiger partial charge in [-0.25, -0.2) is 0 Å². The van der Waals surface area contributed by atoms with Crippen molar-refractivity contribution in [3.8, 4) is 11.5 Å². The van der Waals surface area contributed by atoms with Crippen molar-refractivity contribution in [3.63, 3.8) is 0 Å². The van der Waals surface area contributed by atoms with Gasteiger partial charge in [0.05, 0.1) is 24.9 Å². The van der Waals surface area contributed by atoms with Crippen molar-refractivity contribution in [1.29, 1.82) is 0 Å². The molecule has 5 heteroatoms. The second-order valence-electron chi connectivity index (χ2n) is 7.59. The van der Waals surface area contributed by atoms with Gasteiger partial charge in [-0.2, -0.15) is 0 Å². The molecule has 2 heterocycles. The number of likely N-dealkylation sites (tertiary alicyclic amines) is 1. The molecule has 0 radical (unpaired) electrons. The Morgan fingerprint density at radius 2 is 2.00 bits per heavy atom. The summed E-state index contributed by atoms with van der Waals surface area (Å²) in [7, 11) is 1.69. The number of hydrogen-bond donors (Lipinski definition) is 0. The highest BCUT2D eigenvalue weighted by Crippen LogP contribution is 2.36. The minimum atomic E-state index is 0.124. The van der Waals surface area contributed by atoms with Gasteiger partial charge in [-0.05, 0) is 56.8 Å². The van der Waals surface area contributed by atoms with Crippen molar-refractivity contribution < 1.29 is 14.0 Å². The molecule has 26 heavy (non-hydrogen) atoms. The van der Waals surface area contributed by atoms with Gasteiger partial charge in [-0.1, -0.05) is 25.1 Å². The van der Waals surface area contributed by atoms with Crippen LogP contribution in [0.15, 0.2) is 28.8 Å². The highest BCUT2D eigenvalue weighted by Gasteiger charge is 2.29. The number of rotatable bonds is 7. The summed E-state index contributed by atoms with van der Waals surface area (Å²) in [4.78, 5) is 2.46. The quantitative estimate of drug-likeness (QED) is 0.702. The average molecular weight is 358 g/mol. The fraction of sp³-hybridized carbons (Fsp3) is 0.571. The van der Waals surface area contributed by atoms with Crippen LogP contribution in [-0.4, -0.2) is 29.8 Å². The molecule has 0 aliphatic carbocycles. The lowest BCUT2D eigenvalue weighted by Crippen LogP contribution is -2.22. The predicted octanol–water partition coefficient (Wildman–Crippen LogP) is 4.93. The standard InChI is InChI=1S/C21H30N2O3/c1-14(2)17-12-20(26-22-17)18-7-6-10-23(18)13-16-8-9-19(25-15(3)4)21(11-16)24-5/h8-9,11-12,14-15,18H,6-7,10,13H2,1-5H3. The van der Waals surface area contributed by atoms with Gasteiger partial charge in [-0.15, -0.1) is 0 Å². The van der Waals surface area contributed by atoms with Crippen molar-refractivity contribution in [1.82, 2.24) is 10.1 Å². The average Bonchev–Trinajstić information content (AvgIpc) is 3.24. The Bertz CT molecular complexity index is 724. The first kappa shape index (κ1) is 18.8. The lowest BCUT2D eigenvalue weighted by Gasteiger charge is -2.23. The Kier molecular flexibility index (Phi) is 5.87. The molecule has 1 saturated heterocycles. The monoisotopic (exact) mass is 358 g/mol. The fourth-order valence-electron chi connectivity index (χ4n) is 3.47. The van der Waals surface area contributed by atoms with E-state index in [1.165, 1.54) is 12.0 Å². The van der Waals surface area contributed by atoms with Crippen molar-refractivity contribution in [3.05, 3.63) is 41.3 Å². The highest BCUT2D eigenvalue weighted by atomic mass is 16.5. The Morgan fingerprint density at radius 3 is 2.65 bits per heavy atom. The van der Waals surface area contributed by atoms with Crippen molar-refractivity contribution in [2.24, 2.45) is 0 Å². The SMILES string of the molecule is COc1cc(CN2CCCC2c2cc(C(C)C)no2)ccc1OC(C)C. The Balaban J connectivity index is 1.74. The van der Waals surface area contributed by atoms with Crippen LogP contribution in [0.5, 0.6) is 11.5 Å². The topological polar surface area (TPSA) is 47.7 Å². The van der Waals surface area contributed by atoms with Gasteiger partial charge in [0.1, 0.15) is 0 Å². The van der Waals surface area contributed by atoms with Crippen LogP contribution >= 0.6 is 0 Å². The van der Waals surface area contributed by atoms with E-state index in [2.05, 4.69) is 42.1 Å². The van der Waals surface area contributed by atoms with E-state index in [9.17, 15) is 0 Å². The molecule has 2 aromatic rings. The second-order valence-corrected chi connectivity index (χ2v) is 7.59. The summed E-state index contributed by atoms with van der Waals surface area (Å²) in [6, 6.07) is 8.62. The van der Waals surface area contributed by atoms with E-state index in [1.54, 1.807) is 7.11 Å². The summed E-state index contributed by atoms with van der Waals surface area (Å²) in [5, 5.41) is 4.23. The van der Waals surface area contributed by atoms with Crippen LogP contribution < -0.4 is 9.47 Å². The molecule has 3 rings (SSSR count). The number of aromatic nitrogens is 1. The molecule has 5 nitrogen and oxygen atoms in total. The third-order valence-electron chi connectivity index (χ3n) is 4.81. The number of methoxy groups -OCH3 is 1. The van der Waals surface area contributed by atoms with Gasteiger partial charge in [0, 0.05) is 12.6 Å². The minimum absolute atomic E-state index is 0.124. The molecule has 0 amide bonds. The first-order valence-corrected chi connectivity index (χ1v) is 9.52. The molecule has 1 unspecified atom stereocenters. The third kappa shape index (κ3) is 4.21. The molecule has 1 fully saturated rings. The summed E-state index contributed by atoms with van der Waals surface area (Å²) in [5.41, 5.74) is 2.25. The number of nitrogens with zero attached hydrogens (tertiary/aromatic N) is 2. The molecular formula is C21H30N2O3. The molecule has 0 saturated carbocycles. The summed E-state index contributed by atoms with van der Waals surface area (Å²) in [6.07, 6.45) is 2.41. The van der Waals surface area contributed by atoms with E-state index in [0.717, 1.165) is 42.5 Å². The molecule has 0 spiro atoms. The summed E-state index contributed by atoms with van der Waals surface area (Å²) < 4.78 is 17.0. The van der Waals surface area contributed by atoms with Crippen LogP contribution in [-0.2, 0) is 6.54 Å². The Hall–Kier alpha value is -2.01. The van der Waals surface area contributed by atoms with Crippen LogP contribution in [0.1, 0.15) is 69.5 Å². The number of ether oxygens (including phenoxy) is 2. The molecule has 1 aliphatic heterocycles. The smallest absolute Gasteiger partial charge is 0.161 e. The maximum absolute atomic E-state index is 5.81. The minimum Gasteiger partial charge on any atom is -0.493 e. The van der Waals surface area contributed by atoms with Gasteiger partial charge >= 0.3 is 0 Å². The summed E-state index contributed by atoms with van der Waals surface area (Å²) in [6.45, 7) is 10.2. The van der Waals surface area contributed by atoms with E-state index in [0.29, 0.717) is 12.0 Å². The van der Waals surface area contributed by atoms with Crippen molar-refractivity contribution in [2.75, 3.05) is 13.7 Å². The third-order valence-corrected chi connectivity index (χ3v) is 4.81. The lowest BCUT2D eigenvalue weighted by molar-refractivity contribution is 0.205. The lowest BCUT2D eigenvalue weighted by atomic mass is 10.1. The van der Waals surface area contributed by atoms with Gasteiger partial charge in [0.15, 0.2) is 17.3 Å². The van der Waals surface area contributed by atoms with E-state index in [4.69, 9.17) is 14.0 Å². The Labute approximate surface area is 156 Å².